The molecule has 54 valence electrons. The number of nitrogens with zero attached hydrogens (tertiary/aromatic N) is 1. The lowest BCUT2D eigenvalue weighted by molar-refractivity contribution is 0.915. The van der Waals surface area contributed by atoms with Crippen molar-refractivity contribution in [2.75, 3.05) is 0 Å². The second-order valence-electron chi connectivity index (χ2n) is 2.10. The molecule has 1 rings (SSSR count). The third kappa shape index (κ3) is 1.33. The fraction of sp³-hybridized carbons (Fsp3) is 0.333. The van der Waals surface area contributed by atoms with E-state index in [1.54, 1.807) is 12.4 Å². The van der Waals surface area contributed by atoms with Gasteiger partial charge in [-0.25, -0.2) is 4.98 Å². The number of thiocarbonyl (C=S) groups is 1. The van der Waals surface area contributed by atoms with Crippen LogP contribution in [-0.4, -0.2) is 15.0 Å². The molecule has 0 spiro atoms. The fourth-order valence-electron chi connectivity index (χ4n) is 0.649. The molecule has 0 aliphatic rings. The van der Waals surface area contributed by atoms with E-state index in [-0.39, 0.29) is 5.92 Å². The average molecular weight is 155 g/mol. The molecule has 0 fully saturated rings. The van der Waals surface area contributed by atoms with Crippen molar-refractivity contribution in [3.63, 3.8) is 0 Å². The van der Waals surface area contributed by atoms with Gasteiger partial charge in [-0.3, -0.25) is 0 Å². The highest BCUT2D eigenvalue weighted by Crippen LogP contribution is 2.08. The number of H-pyrrole nitrogens is 1. The van der Waals surface area contributed by atoms with Gasteiger partial charge in [0.2, 0.25) is 0 Å². The van der Waals surface area contributed by atoms with Crippen molar-refractivity contribution in [3.8, 4) is 0 Å². The van der Waals surface area contributed by atoms with Crippen LogP contribution >= 0.6 is 12.2 Å². The predicted octanol–water partition coefficient (Wildman–Crippen LogP) is 0.799. The standard InChI is InChI=1S/C6H9N3S/c1-4(5(7)10)6-8-2-3-9-6/h2-4H,1H3,(H2,7,10)(H,8,9). The first kappa shape index (κ1) is 7.21. The van der Waals surface area contributed by atoms with Crippen molar-refractivity contribution in [2.45, 2.75) is 12.8 Å². The van der Waals surface area contributed by atoms with Crippen molar-refractivity contribution in [1.82, 2.24) is 9.97 Å². The maximum Gasteiger partial charge on any atom is 0.115 e. The van der Waals surface area contributed by atoms with Crippen LogP contribution in [0, 0.1) is 0 Å². The smallest absolute Gasteiger partial charge is 0.115 e. The SMILES string of the molecule is CC(C(N)=S)c1ncc[nH]1. The summed E-state index contributed by atoms with van der Waals surface area (Å²) in [6.07, 6.45) is 3.44. The van der Waals surface area contributed by atoms with Gasteiger partial charge in [0, 0.05) is 12.4 Å². The second-order valence-corrected chi connectivity index (χ2v) is 2.57. The quantitative estimate of drug-likeness (QED) is 0.621. The molecular formula is C6H9N3S. The first-order valence-electron chi connectivity index (χ1n) is 3.00. The van der Waals surface area contributed by atoms with E-state index in [0.717, 1.165) is 5.82 Å². The molecule has 10 heavy (non-hydrogen) atoms. The number of aromatic amines is 1. The van der Waals surface area contributed by atoms with E-state index in [4.69, 9.17) is 18.0 Å². The second kappa shape index (κ2) is 2.79. The minimum Gasteiger partial charge on any atom is -0.393 e. The predicted molar refractivity (Wildman–Crippen MR) is 43.8 cm³/mol. The normalized spacial score (nSPS) is 12.9. The summed E-state index contributed by atoms with van der Waals surface area (Å²) in [6, 6.07) is 0. The van der Waals surface area contributed by atoms with Gasteiger partial charge in [0.05, 0.1) is 10.9 Å². The molecule has 1 heterocycles. The van der Waals surface area contributed by atoms with Gasteiger partial charge >= 0.3 is 0 Å². The highest BCUT2D eigenvalue weighted by atomic mass is 32.1. The van der Waals surface area contributed by atoms with Crippen LogP contribution in [0.1, 0.15) is 18.7 Å². The topological polar surface area (TPSA) is 54.7 Å². The van der Waals surface area contributed by atoms with Gasteiger partial charge in [-0.15, -0.1) is 0 Å². The van der Waals surface area contributed by atoms with E-state index in [2.05, 4.69) is 9.97 Å². The Kier molecular flexibility index (Phi) is 2.01. The van der Waals surface area contributed by atoms with Gasteiger partial charge in [0.1, 0.15) is 5.82 Å². The van der Waals surface area contributed by atoms with E-state index in [9.17, 15) is 0 Å². The third-order valence-electron chi connectivity index (χ3n) is 1.36. The zero-order valence-electron chi connectivity index (χ0n) is 5.66. The lowest BCUT2D eigenvalue weighted by Crippen LogP contribution is -2.17. The highest BCUT2D eigenvalue weighted by Gasteiger charge is 2.08. The molecule has 3 nitrogen and oxygen atoms in total. The van der Waals surface area contributed by atoms with Gasteiger partial charge in [0.15, 0.2) is 0 Å². The van der Waals surface area contributed by atoms with Crippen molar-refractivity contribution in [2.24, 2.45) is 5.73 Å². The number of hydrogen-bond donors (Lipinski definition) is 2. The van der Waals surface area contributed by atoms with Crippen LogP contribution in [0.5, 0.6) is 0 Å². The van der Waals surface area contributed by atoms with Gasteiger partial charge in [-0.05, 0) is 6.92 Å². The van der Waals surface area contributed by atoms with Gasteiger partial charge in [0.25, 0.3) is 0 Å². The highest BCUT2D eigenvalue weighted by molar-refractivity contribution is 7.80. The van der Waals surface area contributed by atoms with Crippen LogP contribution in [0.3, 0.4) is 0 Å². The van der Waals surface area contributed by atoms with Crippen molar-refractivity contribution in [1.29, 1.82) is 0 Å². The molecule has 1 atom stereocenters. The molecule has 0 aliphatic carbocycles. The monoisotopic (exact) mass is 155 g/mol. The first-order chi connectivity index (χ1) is 4.72. The lowest BCUT2D eigenvalue weighted by Gasteiger charge is -2.03. The number of hydrogen-bond acceptors (Lipinski definition) is 2. The Hall–Kier alpha value is -0.900. The summed E-state index contributed by atoms with van der Waals surface area (Å²) >= 11 is 4.78. The Bertz CT molecular complexity index is 217. The largest absolute Gasteiger partial charge is 0.393 e. The molecule has 0 bridgehead atoms. The Morgan fingerprint density at radius 1 is 1.90 bits per heavy atom. The van der Waals surface area contributed by atoms with Crippen LogP contribution in [0.15, 0.2) is 12.4 Å². The zero-order valence-corrected chi connectivity index (χ0v) is 6.48. The molecule has 0 amide bonds. The molecule has 0 saturated heterocycles. The molecule has 3 N–H and O–H groups in total. The molecule has 0 radical (unpaired) electrons. The Morgan fingerprint density at radius 3 is 3.00 bits per heavy atom. The minimum absolute atomic E-state index is 0.0463. The molecule has 4 heteroatoms. The molecule has 1 aromatic rings. The van der Waals surface area contributed by atoms with Crippen LogP contribution in [0.25, 0.3) is 0 Å². The van der Waals surface area contributed by atoms with Crippen molar-refractivity contribution >= 4 is 17.2 Å². The van der Waals surface area contributed by atoms with Crippen LogP contribution in [0.2, 0.25) is 0 Å². The lowest BCUT2D eigenvalue weighted by atomic mass is 10.2. The Morgan fingerprint density at radius 2 is 2.60 bits per heavy atom. The summed E-state index contributed by atoms with van der Waals surface area (Å²) in [5.74, 6) is 0.873. The van der Waals surface area contributed by atoms with Crippen LogP contribution < -0.4 is 5.73 Å². The maximum atomic E-state index is 5.40. The molecule has 0 aliphatic heterocycles. The molecular weight excluding hydrogens is 146 g/mol. The summed E-state index contributed by atoms with van der Waals surface area (Å²) in [4.78, 5) is 7.42. The Labute approximate surface area is 64.7 Å². The average Bonchev–Trinajstić information content (AvgIpc) is 2.36. The van der Waals surface area contributed by atoms with E-state index >= 15 is 0 Å². The molecule has 0 aromatic carbocycles. The van der Waals surface area contributed by atoms with E-state index in [1.807, 2.05) is 6.92 Å². The maximum absolute atomic E-state index is 5.40. The molecule has 1 aromatic heterocycles. The van der Waals surface area contributed by atoms with Crippen LogP contribution in [0.4, 0.5) is 0 Å². The van der Waals surface area contributed by atoms with Gasteiger partial charge < -0.3 is 10.7 Å². The van der Waals surface area contributed by atoms with Gasteiger partial charge in [-0.1, -0.05) is 12.2 Å². The number of imidazole rings is 1. The summed E-state index contributed by atoms with van der Waals surface area (Å²) in [5, 5.41) is 0. The number of nitrogens with one attached hydrogen (secondary N) is 1. The minimum atomic E-state index is 0.0463. The van der Waals surface area contributed by atoms with Crippen LogP contribution in [-0.2, 0) is 0 Å². The summed E-state index contributed by atoms with van der Waals surface area (Å²) in [6.45, 7) is 1.92. The Balaban J connectivity index is 2.77. The number of rotatable bonds is 2. The molecule has 0 saturated carbocycles. The van der Waals surface area contributed by atoms with Crippen molar-refractivity contribution in [3.05, 3.63) is 18.2 Å². The summed E-state index contributed by atoms with van der Waals surface area (Å²) in [5.41, 5.74) is 5.40. The first-order valence-corrected chi connectivity index (χ1v) is 3.41. The third-order valence-corrected chi connectivity index (χ3v) is 1.71. The van der Waals surface area contributed by atoms with E-state index in [1.165, 1.54) is 0 Å². The summed E-state index contributed by atoms with van der Waals surface area (Å²) < 4.78 is 0. The van der Waals surface area contributed by atoms with E-state index in [0.29, 0.717) is 4.99 Å². The van der Waals surface area contributed by atoms with E-state index < -0.39 is 0 Å². The number of nitrogens with two attached hydrogens (primary N) is 1. The fourth-order valence-corrected chi connectivity index (χ4v) is 0.761. The summed E-state index contributed by atoms with van der Waals surface area (Å²) in [7, 11) is 0. The number of aromatic nitrogens is 2. The van der Waals surface area contributed by atoms with Gasteiger partial charge in [-0.2, -0.15) is 0 Å². The molecule has 1 unspecified atom stereocenters. The zero-order chi connectivity index (χ0) is 7.56. The van der Waals surface area contributed by atoms with Crippen molar-refractivity contribution < 1.29 is 0 Å².